The van der Waals surface area contributed by atoms with Crippen LogP contribution in [0.5, 0.6) is 0 Å². The number of fused-ring (bicyclic) bond motifs is 2. The minimum absolute atomic E-state index is 0.252. The van der Waals surface area contributed by atoms with E-state index in [2.05, 4.69) is 24.4 Å². The molecule has 16 heavy (non-hydrogen) atoms. The normalized spacial score (nSPS) is 40.2. The lowest BCUT2D eigenvalue weighted by Crippen LogP contribution is -2.39. The van der Waals surface area contributed by atoms with E-state index in [0.717, 1.165) is 24.3 Å². The molecule has 90 valence electrons. The molecule has 0 aromatic carbocycles. The lowest BCUT2D eigenvalue weighted by Gasteiger charge is -2.28. The van der Waals surface area contributed by atoms with Crippen LogP contribution in [0.25, 0.3) is 0 Å². The van der Waals surface area contributed by atoms with Gasteiger partial charge in [0.1, 0.15) is 0 Å². The van der Waals surface area contributed by atoms with E-state index in [0.29, 0.717) is 12.6 Å². The Bertz CT molecular complexity index is 295. The van der Waals surface area contributed by atoms with E-state index in [4.69, 9.17) is 0 Å². The van der Waals surface area contributed by atoms with Gasteiger partial charge >= 0.3 is 0 Å². The van der Waals surface area contributed by atoms with Gasteiger partial charge in [0.05, 0.1) is 0 Å². The maximum atomic E-state index is 9.29. The van der Waals surface area contributed by atoms with E-state index in [1.54, 1.807) is 0 Å². The third-order valence-electron chi connectivity index (χ3n) is 5.06. The van der Waals surface area contributed by atoms with E-state index < -0.39 is 0 Å². The van der Waals surface area contributed by atoms with Crippen LogP contribution in [0.2, 0.25) is 0 Å². The van der Waals surface area contributed by atoms with Crippen molar-refractivity contribution in [2.24, 2.45) is 23.2 Å². The van der Waals surface area contributed by atoms with Gasteiger partial charge in [-0.2, -0.15) is 0 Å². The molecular weight excluding hydrogens is 198 g/mol. The monoisotopic (exact) mass is 221 g/mol. The van der Waals surface area contributed by atoms with Gasteiger partial charge in [0, 0.05) is 24.6 Å². The van der Waals surface area contributed by atoms with Gasteiger partial charge in [-0.1, -0.05) is 12.2 Å². The minimum Gasteiger partial charge on any atom is -0.396 e. The van der Waals surface area contributed by atoms with Gasteiger partial charge < -0.3 is 10.4 Å². The standard InChI is InChI=1S/C14H23NO/c1-10(15-8-14(9-16)4-5-14)13-7-11-2-3-12(13)6-11/h2-3,10-13,15-16H,4-9H2,1H3. The third-order valence-corrected chi connectivity index (χ3v) is 5.06. The summed E-state index contributed by atoms with van der Waals surface area (Å²) in [4.78, 5) is 0. The van der Waals surface area contributed by atoms with Crippen molar-refractivity contribution in [2.75, 3.05) is 13.2 Å². The molecule has 0 spiro atoms. The van der Waals surface area contributed by atoms with Crippen molar-refractivity contribution in [3.63, 3.8) is 0 Å². The van der Waals surface area contributed by atoms with E-state index in [1.165, 1.54) is 25.7 Å². The molecule has 0 radical (unpaired) electrons. The summed E-state index contributed by atoms with van der Waals surface area (Å²) in [5.41, 5.74) is 0.252. The van der Waals surface area contributed by atoms with E-state index >= 15 is 0 Å². The zero-order valence-electron chi connectivity index (χ0n) is 10.2. The zero-order valence-corrected chi connectivity index (χ0v) is 10.2. The van der Waals surface area contributed by atoms with Gasteiger partial charge in [-0.25, -0.2) is 0 Å². The van der Waals surface area contributed by atoms with Gasteiger partial charge in [0.15, 0.2) is 0 Å². The van der Waals surface area contributed by atoms with Crippen LogP contribution in [0.3, 0.4) is 0 Å². The molecule has 3 rings (SSSR count). The number of hydrogen-bond acceptors (Lipinski definition) is 2. The summed E-state index contributed by atoms with van der Waals surface area (Å²) in [6, 6.07) is 0.615. The van der Waals surface area contributed by atoms with Crippen molar-refractivity contribution in [3.05, 3.63) is 12.2 Å². The number of hydrogen-bond donors (Lipinski definition) is 2. The molecule has 2 bridgehead atoms. The third kappa shape index (κ3) is 1.82. The number of nitrogens with one attached hydrogen (secondary N) is 1. The minimum atomic E-state index is 0.252. The zero-order chi connectivity index (χ0) is 11.2. The van der Waals surface area contributed by atoms with Crippen molar-refractivity contribution in [1.29, 1.82) is 0 Å². The van der Waals surface area contributed by atoms with Crippen LogP contribution in [-0.2, 0) is 0 Å². The average Bonchev–Trinajstić information content (AvgIpc) is 2.78. The van der Waals surface area contributed by atoms with Crippen LogP contribution < -0.4 is 5.32 Å². The molecule has 3 aliphatic carbocycles. The van der Waals surface area contributed by atoms with E-state index in [9.17, 15) is 5.11 Å². The molecule has 0 saturated heterocycles. The van der Waals surface area contributed by atoms with Crippen LogP contribution in [-0.4, -0.2) is 24.3 Å². The average molecular weight is 221 g/mol. The van der Waals surface area contributed by atoms with Gasteiger partial charge in [-0.3, -0.25) is 0 Å². The molecule has 2 heteroatoms. The summed E-state index contributed by atoms with van der Waals surface area (Å²) in [6.07, 6.45) is 10.0. The number of aliphatic hydroxyl groups excluding tert-OH is 1. The highest BCUT2D eigenvalue weighted by molar-refractivity contribution is 5.11. The van der Waals surface area contributed by atoms with Crippen LogP contribution in [0.1, 0.15) is 32.6 Å². The summed E-state index contributed by atoms with van der Waals surface area (Å²) >= 11 is 0. The largest absolute Gasteiger partial charge is 0.396 e. The summed E-state index contributed by atoms with van der Waals surface area (Å²) in [5, 5.41) is 13.0. The summed E-state index contributed by atoms with van der Waals surface area (Å²) in [7, 11) is 0. The van der Waals surface area contributed by atoms with E-state index in [-0.39, 0.29) is 5.41 Å². The molecule has 0 aromatic rings. The molecule has 4 atom stereocenters. The maximum Gasteiger partial charge on any atom is 0.0499 e. The molecule has 3 aliphatic rings. The molecule has 4 unspecified atom stereocenters. The highest BCUT2D eigenvalue weighted by Gasteiger charge is 2.43. The molecule has 2 N–H and O–H groups in total. The van der Waals surface area contributed by atoms with Crippen molar-refractivity contribution in [1.82, 2.24) is 5.32 Å². The number of rotatable bonds is 5. The highest BCUT2D eigenvalue weighted by atomic mass is 16.3. The fraction of sp³-hybridized carbons (Fsp3) is 0.857. The van der Waals surface area contributed by atoms with Gasteiger partial charge in [-0.05, 0) is 50.4 Å². The van der Waals surface area contributed by atoms with Crippen molar-refractivity contribution < 1.29 is 5.11 Å². The number of allylic oxidation sites excluding steroid dienone is 2. The fourth-order valence-corrected chi connectivity index (χ4v) is 3.49. The fourth-order valence-electron chi connectivity index (χ4n) is 3.49. The number of aliphatic hydroxyl groups is 1. The predicted octanol–water partition coefficient (Wildman–Crippen LogP) is 1.95. The Balaban J connectivity index is 1.50. The Kier molecular flexibility index (Phi) is 2.60. The predicted molar refractivity (Wildman–Crippen MR) is 65.1 cm³/mol. The van der Waals surface area contributed by atoms with Gasteiger partial charge in [0.25, 0.3) is 0 Å². The first kappa shape index (κ1) is 10.8. The summed E-state index contributed by atoms with van der Waals surface area (Å²) < 4.78 is 0. The SMILES string of the molecule is CC(NCC1(CO)CC1)C1CC2C=CC1C2. The first-order chi connectivity index (χ1) is 7.72. The molecule has 0 heterocycles. The molecule has 0 aliphatic heterocycles. The van der Waals surface area contributed by atoms with Crippen LogP contribution in [0.15, 0.2) is 12.2 Å². The van der Waals surface area contributed by atoms with Crippen molar-refractivity contribution in [3.8, 4) is 0 Å². The second-order valence-electron chi connectivity index (χ2n) is 6.27. The van der Waals surface area contributed by atoms with Gasteiger partial charge in [-0.15, -0.1) is 0 Å². The molecule has 2 nitrogen and oxygen atoms in total. The first-order valence-electron chi connectivity index (χ1n) is 6.75. The quantitative estimate of drug-likeness (QED) is 0.695. The Labute approximate surface area is 98.1 Å². The van der Waals surface area contributed by atoms with Crippen LogP contribution in [0, 0.1) is 23.2 Å². The topological polar surface area (TPSA) is 32.3 Å². The second kappa shape index (κ2) is 3.85. The molecular formula is C14H23NO. The van der Waals surface area contributed by atoms with E-state index in [1.807, 2.05) is 0 Å². The molecule has 0 amide bonds. The van der Waals surface area contributed by atoms with Crippen LogP contribution in [0.4, 0.5) is 0 Å². The van der Waals surface area contributed by atoms with Crippen molar-refractivity contribution in [2.45, 2.75) is 38.6 Å². The first-order valence-corrected chi connectivity index (χ1v) is 6.75. The smallest absolute Gasteiger partial charge is 0.0499 e. The highest BCUT2D eigenvalue weighted by Crippen LogP contribution is 2.46. The molecule has 2 fully saturated rings. The Morgan fingerprint density at radius 1 is 1.38 bits per heavy atom. The maximum absolute atomic E-state index is 9.29. The summed E-state index contributed by atoms with van der Waals surface area (Å²) in [5.74, 6) is 2.54. The Morgan fingerprint density at radius 3 is 2.69 bits per heavy atom. The molecule has 0 aromatic heterocycles. The Morgan fingerprint density at radius 2 is 2.19 bits per heavy atom. The Hall–Kier alpha value is -0.340. The lowest BCUT2D eigenvalue weighted by atomic mass is 9.87. The van der Waals surface area contributed by atoms with Gasteiger partial charge in [0.2, 0.25) is 0 Å². The van der Waals surface area contributed by atoms with Crippen LogP contribution >= 0.6 is 0 Å². The second-order valence-corrected chi connectivity index (χ2v) is 6.27. The van der Waals surface area contributed by atoms with Crippen molar-refractivity contribution >= 4 is 0 Å². The molecule has 2 saturated carbocycles. The summed E-state index contributed by atoms with van der Waals surface area (Å²) in [6.45, 7) is 3.71. The lowest BCUT2D eigenvalue weighted by molar-refractivity contribution is 0.196.